The van der Waals surface area contributed by atoms with Crippen molar-refractivity contribution in [2.45, 2.75) is 27.2 Å². The number of amides is 1. The largest absolute Gasteiger partial charge is 0.442 e. The molecule has 1 aliphatic heterocycles. The first-order valence-electron chi connectivity index (χ1n) is 7.93. The Balaban J connectivity index is 1.96. The second kappa shape index (κ2) is 7.87. The van der Waals surface area contributed by atoms with E-state index in [1.807, 2.05) is 25.7 Å². The van der Waals surface area contributed by atoms with E-state index in [-0.39, 0.29) is 11.3 Å². The number of benzene rings is 1. The van der Waals surface area contributed by atoms with Crippen molar-refractivity contribution < 1.29 is 9.21 Å². The number of aryl methyl sites for hydroxylation is 1. The van der Waals surface area contributed by atoms with E-state index in [0.717, 1.165) is 24.3 Å². The lowest BCUT2D eigenvalue weighted by molar-refractivity contribution is -0.122. The maximum atomic E-state index is 11.8. The van der Waals surface area contributed by atoms with E-state index in [4.69, 9.17) is 4.42 Å². The third kappa shape index (κ3) is 4.63. The van der Waals surface area contributed by atoms with Crippen LogP contribution >= 0.6 is 0 Å². The Bertz CT molecular complexity index is 692. The van der Waals surface area contributed by atoms with Crippen LogP contribution in [-0.4, -0.2) is 42.0 Å². The van der Waals surface area contributed by atoms with Crippen LogP contribution in [0.2, 0.25) is 0 Å². The lowest BCUT2D eigenvalue weighted by Crippen LogP contribution is -2.37. The predicted molar refractivity (Wildman–Crippen MR) is 88.6 cm³/mol. The van der Waals surface area contributed by atoms with E-state index >= 15 is 0 Å². The van der Waals surface area contributed by atoms with Gasteiger partial charge in [-0.25, -0.2) is 4.98 Å². The van der Waals surface area contributed by atoms with Crippen molar-refractivity contribution in [3.8, 4) is 11.3 Å². The fourth-order valence-corrected chi connectivity index (χ4v) is 2.41. The number of nitrogens with one attached hydrogen (secondary N) is 1. The number of carbonyl (C=O) groups is 1. The van der Waals surface area contributed by atoms with Crippen LogP contribution < -0.4 is 10.7 Å². The van der Waals surface area contributed by atoms with Crippen LogP contribution in [0.4, 0.5) is 0 Å². The van der Waals surface area contributed by atoms with E-state index in [2.05, 4.69) is 10.3 Å². The lowest BCUT2D eigenvalue weighted by atomic mass is 10.1. The molecule has 1 heterocycles. The van der Waals surface area contributed by atoms with Gasteiger partial charge in [-0.2, -0.15) is 0 Å². The second-order valence-corrected chi connectivity index (χ2v) is 5.41. The smallest absolute Gasteiger partial charge is 0.234 e. The molecule has 0 aromatic carbocycles. The van der Waals surface area contributed by atoms with Crippen LogP contribution in [0.1, 0.15) is 25.4 Å². The molecule has 23 heavy (non-hydrogen) atoms. The summed E-state index contributed by atoms with van der Waals surface area (Å²) in [6.45, 7) is 8.49. The van der Waals surface area contributed by atoms with Crippen molar-refractivity contribution in [2.24, 2.45) is 0 Å². The van der Waals surface area contributed by atoms with Gasteiger partial charge in [-0.1, -0.05) is 13.8 Å². The average Bonchev–Trinajstić information content (AvgIpc) is 2.52. The second-order valence-electron chi connectivity index (χ2n) is 5.41. The first-order valence-corrected chi connectivity index (χ1v) is 7.93. The highest BCUT2D eigenvalue weighted by Crippen LogP contribution is 2.23. The first-order chi connectivity index (χ1) is 11.0. The molecule has 6 nitrogen and oxygen atoms in total. The summed E-state index contributed by atoms with van der Waals surface area (Å²) in [6.07, 6.45) is 0.490. The van der Waals surface area contributed by atoms with Gasteiger partial charge in [-0.05, 0) is 32.1 Å². The highest BCUT2D eigenvalue weighted by molar-refractivity contribution is 5.77. The first kappa shape index (κ1) is 17.1. The highest BCUT2D eigenvalue weighted by Gasteiger charge is 2.12. The minimum atomic E-state index is -0.0923. The predicted octanol–water partition coefficient (Wildman–Crippen LogP) is 1.45. The summed E-state index contributed by atoms with van der Waals surface area (Å²) >= 11 is 0. The van der Waals surface area contributed by atoms with Gasteiger partial charge in [0, 0.05) is 24.6 Å². The molecule has 0 spiro atoms. The molecule has 0 unspecified atom stereocenters. The maximum Gasteiger partial charge on any atom is 0.234 e. The van der Waals surface area contributed by atoms with Crippen LogP contribution in [0.25, 0.3) is 11.3 Å². The van der Waals surface area contributed by atoms with Gasteiger partial charge in [0.05, 0.1) is 12.2 Å². The summed E-state index contributed by atoms with van der Waals surface area (Å²) in [5.41, 5.74) is 1.56. The number of aromatic nitrogens is 1. The molecule has 1 N–H and O–H groups in total. The zero-order valence-corrected chi connectivity index (χ0v) is 13.9. The van der Waals surface area contributed by atoms with E-state index < -0.39 is 0 Å². The summed E-state index contributed by atoms with van der Waals surface area (Å²) in [7, 11) is 0. The molecule has 0 aromatic heterocycles. The normalized spacial score (nSPS) is 11.1. The average molecular weight is 317 g/mol. The zero-order chi connectivity index (χ0) is 16.8. The molecule has 1 aliphatic carbocycles. The Morgan fingerprint density at radius 2 is 2.04 bits per heavy atom. The maximum absolute atomic E-state index is 11.8. The Hall–Kier alpha value is -2.21. The van der Waals surface area contributed by atoms with Crippen LogP contribution in [-0.2, 0) is 11.2 Å². The Labute approximate surface area is 135 Å². The SMILES string of the molecule is CCN(CC)CC(=O)NCCc1nc(C)c2ccc(=O)cc-2o1. The molecule has 0 saturated heterocycles. The minimum absolute atomic E-state index is 0.00643. The van der Waals surface area contributed by atoms with Crippen molar-refractivity contribution in [3.05, 3.63) is 40.0 Å². The number of rotatable bonds is 7. The van der Waals surface area contributed by atoms with Crippen molar-refractivity contribution in [1.82, 2.24) is 15.2 Å². The Morgan fingerprint density at radius 1 is 1.30 bits per heavy atom. The molecule has 2 rings (SSSR count). The number of likely N-dealkylation sites (N-methyl/N-ethyl adjacent to an activating group) is 1. The molecule has 1 amide bonds. The standard InChI is InChI=1S/C17H23N3O3/c1-4-20(5-2)11-16(22)18-9-8-17-19-12(3)14-7-6-13(21)10-15(14)23-17/h6-7,10H,4-5,8-9,11H2,1-3H3,(H,18,22). The molecule has 6 heteroatoms. The molecule has 0 bridgehead atoms. The van der Waals surface area contributed by atoms with Gasteiger partial charge >= 0.3 is 0 Å². The highest BCUT2D eigenvalue weighted by atomic mass is 16.3. The zero-order valence-electron chi connectivity index (χ0n) is 13.9. The van der Waals surface area contributed by atoms with Crippen LogP contribution in [0.3, 0.4) is 0 Å². The molecule has 0 fully saturated rings. The Kier molecular flexibility index (Phi) is 5.87. The monoisotopic (exact) mass is 317 g/mol. The van der Waals surface area contributed by atoms with Gasteiger partial charge in [-0.3, -0.25) is 14.5 Å². The van der Waals surface area contributed by atoms with Gasteiger partial charge in [0.1, 0.15) is 5.76 Å². The molecule has 0 saturated carbocycles. The quantitative estimate of drug-likeness (QED) is 0.836. The lowest BCUT2D eigenvalue weighted by Gasteiger charge is -2.17. The van der Waals surface area contributed by atoms with Gasteiger partial charge in [0.15, 0.2) is 11.3 Å². The number of hydrogen-bond acceptors (Lipinski definition) is 5. The van der Waals surface area contributed by atoms with Crippen molar-refractivity contribution in [2.75, 3.05) is 26.2 Å². The van der Waals surface area contributed by atoms with Crippen LogP contribution in [0.15, 0.2) is 27.4 Å². The fraction of sp³-hybridized carbons (Fsp3) is 0.471. The number of carbonyl (C=O) groups excluding carboxylic acids is 1. The summed E-state index contributed by atoms with van der Waals surface area (Å²) in [5.74, 6) is 1.05. The summed E-state index contributed by atoms with van der Waals surface area (Å²) in [4.78, 5) is 29.7. The molecular formula is C17H23N3O3. The van der Waals surface area contributed by atoms with Crippen LogP contribution in [0, 0.1) is 6.92 Å². The van der Waals surface area contributed by atoms with Gasteiger partial charge in [0.25, 0.3) is 0 Å². The summed E-state index contributed by atoms with van der Waals surface area (Å²) < 4.78 is 5.66. The minimum Gasteiger partial charge on any atom is -0.442 e. The van der Waals surface area contributed by atoms with E-state index in [1.165, 1.54) is 12.1 Å². The van der Waals surface area contributed by atoms with Crippen molar-refractivity contribution in [3.63, 3.8) is 0 Å². The fourth-order valence-electron chi connectivity index (χ4n) is 2.41. The molecular weight excluding hydrogens is 294 g/mol. The van der Waals surface area contributed by atoms with Crippen molar-refractivity contribution >= 4 is 5.91 Å². The number of fused-ring (bicyclic) bond motifs is 1. The summed E-state index contributed by atoms with van der Waals surface area (Å²) in [5, 5.41) is 2.87. The number of hydrogen-bond donors (Lipinski definition) is 1. The van der Waals surface area contributed by atoms with E-state index in [1.54, 1.807) is 6.07 Å². The van der Waals surface area contributed by atoms with Crippen molar-refractivity contribution in [1.29, 1.82) is 0 Å². The van der Waals surface area contributed by atoms with Gasteiger partial charge in [-0.15, -0.1) is 0 Å². The third-order valence-electron chi connectivity index (χ3n) is 3.79. The van der Waals surface area contributed by atoms with Crippen LogP contribution in [0.5, 0.6) is 0 Å². The molecule has 0 atom stereocenters. The molecule has 0 radical (unpaired) electrons. The van der Waals surface area contributed by atoms with Gasteiger partial charge in [0.2, 0.25) is 5.91 Å². The molecule has 124 valence electrons. The van der Waals surface area contributed by atoms with E-state index in [9.17, 15) is 9.59 Å². The number of nitrogens with zero attached hydrogens (tertiary/aromatic N) is 2. The Morgan fingerprint density at radius 3 is 2.74 bits per heavy atom. The topological polar surface area (TPSA) is 75.4 Å². The molecule has 2 aliphatic rings. The van der Waals surface area contributed by atoms with E-state index in [0.29, 0.717) is 31.2 Å². The van der Waals surface area contributed by atoms with Gasteiger partial charge < -0.3 is 9.73 Å². The molecule has 0 aromatic rings. The third-order valence-corrected chi connectivity index (χ3v) is 3.79. The summed E-state index contributed by atoms with van der Waals surface area (Å²) in [6, 6.07) is 4.69.